The summed E-state index contributed by atoms with van der Waals surface area (Å²) in [6.45, 7) is 8.92. The molecule has 0 aromatic heterocycles. The maximum atomic E-state index is 12.7. The number of nitrogens with one attached hydrogen (secondary N) is 1. The first-order chi connectivity index (χ1) is 8.84. The van der Waals surface area contributed by atoms with Crippen LogP contribution in [0.15, 0.2) is 0 Å². The predicted octanol–water partition coefficient (Wildman–Crippen LogP) is 0.929. The minimum Gasteiger partial charge on any atom is -0.380 e. The lowest BCUT2D eigenvalue weighted by Crippen LogP contribution is -2.74. The van der Waals surface area contributed by atoms with Gasteiger partial charge in [-0.05, 0) is 46.5 Å². The van der Waals surface area contributed by atoms with Gasteiger partial charge in [0.2, 0.25) is 11.8 Å². The average molecular weight is 268 g/mol. The molecule has 1 aliphatic heterocycles. The van der Waals surface area contributed by atoms with E-state index < -0.39 is 11.1 Å². The number of hydrogen-bond donors (Lipinski definition) is 1. The normalized spacial score (nSPS) is 30.4. The van der Waals surface area contributed by atoms with Crippen LogP contribution in [0.5, 0.6) is 0 Å². The van der Waals surface area contributed by atoms with Crippen molar-refractivity contribution in [1.82, 2.24) is 10.2 Å². The van der Waals surface area contributed by atoms with Crippen molar-refractivity contribution >= 4 is 11.8 Å². The Hall–Kier alpha value is -1.10. The first-order valence-electron chi connectivity index (χ1n) is 7.06. The van der Waals surface area contributed by atoms with Crippen LogP contribution in [-0.2, 0) is 14.3 Å². The fourth-order valence-corrected chi connectivity index (χ4v) is 2.72. The second-order valence-electron chi connectivity index (χ2n) is 6.14. The van der Waals surface area contributed by atoms with Gasteiger partial charge in [0.1, 0.15) is 11.1 Å². The molecule has 0 aromatic rings. The van der Waals surface area contributed by atoms with Gasteiger partial charge in [-0.3, -0.25) is 9.59 Å². The van der Waals surface area contributed by atoms with Crippen LogP contribution in [0.1, 0.15) is 40.5 Å². The zero-order valence-corrected chi connectivity index (χ0v) is 12.3. The molecular formula is C14H24N2O3. The molecule has 19 heavy (non-hydrogen) atoms. The molecule has 2 aliphatic rings. The van der Waals surface area contributed by atoms with Crippen molar-refractivity contribution in [2.45, 2.75) is 51.6 Å². The topological polar surface area (TPSA) is 58.6 Å². The first kappa shape index (κ1) is 14.3. The maximum absolute atomic E-state index is 12.7. The molecule has 1 N–H and O–H groups in total. The van der Waals surface area contributed by atoms with E-state index in [-0.39, 0.29) is 17.7 Å². The lowest BCUT2D eigenvalue weighted by molar-refractivity contribution is -0.162. The summed E-state index contributed by atoms with van der Waals surface area (Å²) in [5.74, 6) is 0.243. The molecule has 2 rings (SSSR count). The molecule has 0 aromatic carbocycles. The monoisotopic (exact) mass is 268 g/mol. The first-order valence-corrected chi connectivity index (χ1v) is 7.06. The van der Waals surface area contributed by atoms with Crippen LogP contribution in [0, 0.1) is 5.92 Å². The quantitative estimate of drug-likeness (QED) is 0.755. The lowest BCUT2D eigenvalue weighted by atomic mass is 9.85. The van der Waals surface area contributed by atoms with E-state index >= 15 is 0 Å². The third kappa shape index (κ3) is 2.36. The van der Waals surface area contributed by atoms with E-state index in [9.17, 15) is 9.59 Å². The third-order valence-corrected chi connectivity index (χ3v) is 4.35. The van der Waals surface area contributed by atoms with Gasteiger partial charge in [0.25, 0.3) is 0 Å². The summed E-state index contributed by atoms with van der Waals surface area (Å²) in [6.07, 6.45) is 2.03. The van der Waals surface area contributed by atoms with E-state index in [2.05, 4.69) is 5.32 Å². The van der Waals surface area contributed by atoms with E-state index in [1.807, 2.05) is 13.8 Å². The highest BCUT2D eigenvalue weighted by molar-refractivity contribution is 6.02. The Bertz CT molecular complexity index is 390. The van der Waals surface area contributed by atoms with Gasteiger partial charge in [-0.1, -0.05) is 0 Å². The number of piperazine rings is 1. The van der Waals surface area contributed by atoms with E-state index in [0.717, 1.165) is 12.8 Å². The summed E-state index contributed by atoms with van der Waals surface area (Å²) in [5, 5.41) is 2.94. The van der Waals surface area contributed by atoms with Gasteiger partial charge in [0.15, 0.2) is 0 Å². The highest BCUT2D eigenvalue weighted by Gasteiger charge is 2.57. The summed E-state index contributed by atoms with van der Waals surface area (Å²) in [7, 11) is 0. The Balaban J connectivity index is 2.19. The molecule has 2 amide bonds. The molecule has 1 unspecified atom stereocenters. The van der Waals surface area contributed by atoms with Crippen molar-refractivity contribution in [3.05, 3.63) is 0 Å². The van der Waals surface area contributed by atoms with Crippen molar-refractivity contribution in [3.63, 3.8) is 0 Å². The van der Waals surface area contributed by atoms with Gasteiger partial charge in [-0.15, -0.1) is 0 Å². The lowest BCUT2D eigenvalue weighted by Gasteiger charge is -2.49. The maximum Gasteiger partial charge on any atom is 0.249 e. The van der Waals surface area contributed by atoms with Crippen LogP contribution < -0.4 is 5.32 Å². The van der Waals surface area contributed by atoms with Gasteiger partial charge in [0, 0.05) is 13.2 Å². The molecule has 2 fully saturated rings. The number of carbonyl (C=O) groups is 2. The zero-order valence-electron chi connectivity index (χ0n) is 12.3. The third-order valence-electron chi connectivity index (χ3n) is 4.35. The zero-order chi connectivity index (χ0) is 14.3. The van der Waals surface area contributed by atoms with Crippen molar-refractivity contribution < 1.29 is 14.3 Å². The molecule has 5 nitrogen and oxygen atoms in total. The van der Waals surface area contributed by atoms with Crippen molar-refractivity contribution in [2.24, 2.45) is 5.92 Å². The smallest absolute Gasteiger partial charge is 0.249 e. The fourth-order valence-electron chi connectivity index (χ4n) is 2.72. The van der Waals surface area contributed by atoms with E-state index in [1.54, 1.807) is 18.7 Å². The van der Waals surface area contributed by atoms with Gasteiger partial charge in [-0.25, -0.2) is 0 Å². The predicted molar refractivity (Wildman–Crippen MR) is 71.6 cm³/mol. The standard InChI is InChI=1S/C14H24N2O3/c1-5-19-9-8-16-12(18)14(4,10-6-7-10)15-11(17)13(16,2)3/h10H,5-9H2,1-4H3,(H,15,17). The Labute approximate surface area is 114 Å². The number of carbonyl (C=O) groups excluding carboxylic acids is 2. The minimum atomic E-state index is -0.803. The SMILES string of the molecule is CCOCCN1C(=O)C(C)(C2CC2)NC(=O)C1(C)C. The second-order valence-corrected chi connectivity index (χ2v) is 6.14. The molecule has 1 aliphatic carbocycles. The fraction of sp³-hybridized carbons (Fsp3) is 0.857. The number of rotatable bonds is 5. The highest BCUT2D eigenvalue weighted by atomic mass is 16.5. The van der Waals surface area contributed by atoms with Crippen molar-refractivity contribution in [1.29, 1.82) is 0 Å². The van der Waals surface area contributed by atoms with Crippen molar-refractivity contribution in [2.75, 3.05) is 19.8 Å². The minimum absolute atomic E-state index is 0.0271. The van der Waals surface area contributed by atoms with Crippen LogP contribution in [-0.4, -0.2) is 47.6 Å². The van der Waals surface area contributed by atoms with Gasteiger partial charge in [-0.2, -0.15) is 0 Å². The number of nitrogens with zero attached hydrogens (tertiary/aromatic N) is 1. The summed E-state index contributed by atoms with van der Waals surface area (Å²) < 4.78 is 5.33. The van der Waals surface area contributed by atoms with E-state index in [4.69, 9.17) is 4.74 Å². The van der Waals surface area contributed by atoms with Gasteiger partial charge >= 0.3 is 0 Å². The summed E-state index contributed by atoms with van der Waals surface area (Å²) in [5.41, 5.74) is -1.53. The number of hydrogen-bond acceptors (Lipinski definition) is 3. The molecule has 0 spiro atoms. The molecule has 1 saturated heterocycles. The molecule has 1 saturated carbocycles. The van der Waals surface area contributed by atoms with Crippen LogP contribution in [0.3, 0.4) is 0 Å². The Morgan fingerprint density at radius 1 is 1.32 bits per heavy atom. The Kier molecular flexibility index (Phi) is 3.60. The average Bonchev–Trinajstić information content (AvgIpc) is 3.16. The summed E-state index contributed by atoms with van der Waals surface area (Å²) >= 11 is 0. The molecule has 0 radical (unpaired) electrons. The molecule has 0 bridgehead atoms. The Morgan fingerprint density at radius 3 is 2.47 bits per heavy atom. The van der Waals surface area contributed by atoms with Crippen LogP contribution in [0.2, 0.25) is 0 Å². The molecule has 5 heteroatoms. The highest BCUT2D eigenvalue weighted by Crippen LogP contribution is 2.43. The largest absolute Gasteiger partial charge is 0.380 e. The van der Waals surface area contributed by atoms with Crippen molar-refractivity contribution in [3.8, 4) is 0 Å². The number of ether oxygens (including phenoxy) is 1. The van der Waals surface area contributed by atoms with E-state index in [1.165, 1.54) is 0 Å². The van der Waals surface area contributed by atoms with Gasteiger partial charge in [0.05, 0.1) is 6.61 Å². The van der Waals surface area contributed by atoms with Crippen LogP contribution in [0.4, 0.5) is 0 Å². The number of amides is 2. The molecule has 108 valence electrons. The second kappa shape index (κ2) is 4.78. The van der Waals surface area contributed by atoms with Crippen LogP contribution in [0.25, 0.3) is 0 Å². The van der Waals surface area contributed by atoms with Crippen LogP contribution >= 0.6 is 0 Å². The molecule has 1 heterocycles. The summed E-state index contributed by atoms with van der Waals surface area (Å²) in [4.78, 5) is 26.7. The Morgan fingerprint density at radius 2 is 1.95 bits per heavy atom. The van der Waals surface area contributed by atoms with Gasteiger partial charge < -0.3 is 15.0 Å². The molecular weight excluding hydrogens is 244 g/mol. The van der Waals surface area contributed by atoms with E-state index in [0.29, 0.717) is 19.8 Å². The summed E-state index contributed by atoms with van der Waals surface area (Å²) in [6, 6.07) is 0. The molecule has 1 atom stereocenters.